The Kier molecular flexibility index (Phi) is 4.70. The average molecular weight is 368 g/mol. The van der Waals surface area contributed by atoms with Gasteiger partial charge in [0.2, 0.25) is 5.58 Å². The maximum absolute atomic E-state index is 13.5. The van der Waals surface area contributed by atoms with Crippen molar-refractivity contribution < 1.29 is 18.7 Å². The van der Waals surface area contributed by atoms with E-state index in [0.29, 0.717) is 16.7 Å². The van der Waals surface area contributed by atoms with E-state index in [1.807, 2.05) is 18.2 Å². The zero-order valence-electron chi connectivity index (χ0n) is 14.3. The summed E-state index contributed by atoms with van der Waals surface area (Å²) in [6.07, 6.45) is 0.435. The van der Waals surface area contributed by atoms with E-state index >= 15 is 0 Å². The largest absolute Gasteiger partial charge is 0.448 e. The maximum Gasteiger partial charge on any atom is 0.297 e. The number of para-hydroxylation sites is 1. The lowest BCUT2D eigenvalue weighted by Crippen LogP contribution is -2.29. The van der Waals surface area contributed by atoms with Crippen LogP contribution in [0, 0.1) is 5.82 Å². The quantitative estimate of drug-likeness (QED) is 0.566. The Labute approximate surface area is 153 Å². The molecule has 2 aromatic carbocycles. The first-order chi connectivity index (χ1) is 13.1. The van der Waals surface area contributed by atoms with Gasteiger partial charge >= 0.3 is 0 Å². The van der Waals surface area contributed by atoms with E-state index in [9.17, 15) is 14.3 Å². The predicted octanol–water partition coefficient (Wildman–Crippen LogP) is 2.86. The first-order valence-corrected chi connectivity index (χ1v) is 8.49. The fourth-order valence-electron chi connectivity index (χ4n) is 2.95. The molecule has 0 aliphatic heterocycles. The van der Waals surface area contributed by atoms with Gasteiger partial charge in [0.25, 0.3) is 5.56 Å². The third-order valence-electron chi connectivity index (χ3n) is 4.28. The minimum Gasteiger partial charge on any atom is -0.448 e. The number of aliphatic hydroxyl groups excluding tert-OH is 1. The lowest BCUT2D eigenvalue weighted by molar-refractivity contribution is 0.0189. The molecular formula is C20H17FN2O4. The molecule has 0 radical (unpaired) electrons. The summed E-state index contributed by atoms with van der Waals surface area (Å²) in [6.45, 7) is -0.00543. The van der Waals surface area contributed by atoms with Crippen molar-refractivity contribution in [3.63, 3.8) is 0 Å². The first-order valence-electron chi connectivity index (χ1n) is 8.49. The van der Waals surface area contributed by atoms with Crippen LogP contribution < -0.4 is 5.56 Å². The molecule has 1 unspecified atom stereocenters. The van der Waals surface area contributed by atoms with Crippen molar-refractivity contribution in [2.24, 2.45) is 0 Å². The highest BCUT2D eigenvalue weighted by Gasteiger charge is 2.15. The van der Waals surface area contributed by atoms with Crippen LogP contribution in [0.3, 0.4) is 0 Å². The van der Waals surface area contributed by atoms with Crippen LogP contribution in [-0.2, 0) is 17.9 Å². The highest BCUT2D eigenvalue weighted by molar-refractivity contribution is 6.01. The van der Waals surface area contributed by atoms with Gasteiger partial charge in [-0.15, -0.1) is 0 Å². The van der Waals surface area contributed by atoms with Crippen LogP contribution in [0.25, 0.3) is 22.1 Å². The molecule has 4 rings (SSSR count). The molecule has 0 saturated heterocycles. The minimum absolute atomic E-state index is 0.00388. The number of benzene rings is 2. The van der Waals surface area contributed by atoms with Crippen LogP contribution in [0.1, 0.15) is 5.56 Å². The van der Waals surface area contributed by atoms with Crippen LogP contribution in [0.4, 0.5) is 4.39 Å². The monoisotopic (exact) mass is 368 g/mol. The summed E-state index contributed by atoms with van der Waals surface area (Å²) < 4.78 is 25.8. The topological polar surface area (TPSA) is 77.5 Å². The third kappa shape index (κ3) is 3.47. The van der Waals surface area contributed by atoms with Gasteiger partial charge in [0.1, 0.15) is 16.9 Å². The predicted molar refractivity (Wildman–Crippen MR) is 97.8 cm³/mol. The zero-order chi connectivity index (χ0) is 18.8. The molecule has 0 saturated carbocycles. The van der Waals surface area contributed by atoms with E-state index in [1.54, 1.807) is 24.3 Å². The van der Waals surface area contributed by atoms with Gasteiger partial charge < -0.3 is 14.3 Å². The van der Waals surface area contributed by atoms with Crippen LogP contribution in [0.2, 0.25) is 0 Å². The highest BCUT2D eigenvalue weighted by atomic mass is 19.1. The smallest absolute Gasteiger partial charge is 0.297 e. The van der Waals surface area contributed by atoms with Gasteiger partial charge in [-0.1, -0.05) is 30.3 Å². The molecule has 27 heavy (non-hydrogen) atoms. The molecule has 0 spiro atoms. The fourth-order valence-corrected chi connectivity index (χ4v) is 2.95. The Bertz CT molecular complexity index is 1150. The molecule has 6 nitrogen and oxygen atoms in total. The Hall–Kier alpha value is -3.03. The lowest BCUT2D eigenvalue weighted by Gasteiger charge is -2.13. The molecule has 0 aliphatic rings. The number of hydrogen-bond donors (Lipinski definition) is 1. The number of aliphatic hydroxyl groups is 1. The van der Waals surface area contributed by atoms with Crippen molar-refractivity contribution in [2.45, 2.75) is 19.3 Å². The number of nitrogens with zero attached hydrogens (tertiary/aromatic N) is 2. The van der Waals surface area contributed by atoms with E-state index in [2.05, 4.69) is 4.98 Å². The molecule has 4 aromatic rings. The first kappa shape index (κ1) is 17.4. The van der Waals surface area contributed by atoms with Crippen LogP contribution in [0.15, 0.2) is 64.1 Å². The van der Waals surface area contributed by atoms with Crippen molar-refractivity contribution in [1.82, 2.24) is 9.55 Å². The van der Waals surface area contributed by atoms with Gasteiger partial charge in [0.05, 0.1) is 32.2 Å². The van der Waals surface area contributed by atoms with Gasteiger partial charge in [-0.05, 0) is 18.2 Å². The molecule has 0 amide bonds. The highest BCUT2D eigenvalue weighted by Crippen LogP contribution is 2.24. The molecule has 0 fully saturated rings. The van der Waals surface area contributed by atoms with Crippen molar-refractivity contribution in [2.75, 3.05) is 6.61 Å². The second-order valence-electron chi connectivity index (χ2n) is 6.24. The SMILES string of the molecule is O=c1c2oc3ccccc3c2ncn1CC(O)COCc1ccccc1F. The van der Waals surface area contributed by atoms with Crippen molar-refractivity contribution in [3.8, 4) is 0 Å². The molecule has 0 bridgehead atoms. The summed E-state index contributed by atoms with van der Waals surface area (Å²) in [5.41, 5.74) is 1.27. The maximum atomic E-state index is 13.5. The van der Waals surface area contributed by atoms with Crippen molar-refractivity contribution in [1.29, 1.82) is 0 Å². The Morgan fingerprint density at radius 1 is 1.19 bits per heavy atom. The number of ether oxygens (including phenoxy) is 1. The summed E-state index contributed by atoms with van der Waals surface area (Å²) in [4.78, 5) is 16.9. The van der Waals surface area contributed by atoms with E-state index in [-0.39, 0.29) is 36.7 Å². The number of aromatic nitrogens is 2. The normalized spacial score (nSPS) is 12.7. The van der Waals surface area contributed by atoms with Crippen LogP contribution >= 0.6 is 0 Å². The molecule has 1 atom stereocenters. The molecule has 2 heterocycles. The Balaban J connectivity index is 1.46. The lowest BCUT2D eigenvalue weighted by atomic mass is 10.2. The molecule has 138 valence electrons. The van der Waals surface area contributed by atoms with Gasteiger partial charge in [-0.25, -0.2) is 9.37 Å². The molecule has 0 aliphatic carbocycles. The van der Waals surface area contributed by atoms with E-state index in [4.69, 9.17) is 9.15 Å². The van der Waals surface area contributed by atoms with E-state index in [1.165, 1.54) is 17.0 Å². The fraction of sp³-hybridized carbons (Fsp3) is 0.200. The summed E-state index contributed by atoms with van der Waals surface area (Å²) in [7, 11) is 0. The van der Waals surface area contributed by atoms with Gasteiger partial charge in [-0.3, -0.25) is 9.36 Å². The van der Waals surface area contributed by atoms with E-state index < -0.39 is 6.10 Å². The number of rotatable bonds is 6. The molecular weight excluding hydrogens is 351 g/mol. The number of furan rings is 1. The average Bonchev–Trinajstić information content (AvgIpc) is 3.05. The minimum atomic E-state index is -0.946. The van der Waals surface area contributed by atoms with Gasteiger partial charge in [-0.2, -0.15) is 0 Å². The van der Waals surface area contributed by atoms with Crippen molar-refractivity contribution >= 4 is 22.1 Å². The molecule has 2 aromatic heterocycles. The van der Waals surface area contributed by atoms with Crippen molar-refractivity contribution in [3.05, 3.63) is 76.6 Å². The molecule has 7 heteroatoms. The van der Waals surface area contributed by atoms with Crippen LogP contribution in [-0.4, -0.2) is 27.4 Å². The summed E-state index contributed by atoms with van der Waals surface area (Å²) in [6, 6.07) is 13.6. The third-order valence-corrected chi connectivity index (χ3v) is 4.28. The van der Waals surface area contributed by atoms with Crippen LogP contribution in [0.5, 0.6) is 0 Å². The summed E-state index contributed by atoms with van der Waals surface area (Å²) in [5.74, 6) is -0.359. The summed E-state index contributed by atoms with van der Waals surface area (Å²) >= 11 is 0. The Morgan fingerprint density at radius 2 is 1.96 bits per heavy atom. The number of fused-ring (bicyclic) bond motifs is 3. The molecule has 1 N–H and O–H groups in total. The summed E-state index contributed by atoms with van der Waals surface area (Å²) in [5, 5.41) is 10.9. The number of hydrogen-bond acceptors (Lipinski definition) is 5. The number of halogens is 1. The standard InChI is InChI=1S/C20H17FN2O4/c21-16-7-3-1-5-13(16)10-26-11-14(24)9-23-12-22-18-15-6-2-4-8-17(15)27-19(18)20(23)25/h1-8,12,14,24H,9-11H2. The van der Waals surface area contributed by atoms with Gasteiger partial charge in [0, 0.05) is 10.9 Å². The van der Waals surface area contributed by atoms with E-state index in [0.717, 1.165) is 5.39 Å². The second kappa shape index (κ2) is 7.30. The second-order valence-corrected chi connectivity index (χ2v) is 6.24. The van der Waals surface area contributed by atoms with Gasteiger partial charge in [0.15, 0.2) is 0 Å². The Morgan fingerprint density at radius 3 is 2.81 bits per heavy atom. The zero-order valence-corrected chi connectivity index (χ0v) is 14.3.